The molecule has 1 aliphatic rings. The van der Waals surface area contributed by atoms with E-state index in [0.29, 0.717) is 17.3 Å². The summed E-state index contributed by atoms with van der Waals surface area (Å²) < 4.78 is 37.9. The quantitative estimate of drug-likeness (QED) is 0.852. The highest BCUT2D eigenvalue weighted by atomic mass is 19.4. The summed E-state index contributed by atoms with van der Waals surface area (Å²) in [6.45, 7) is 3.76. The van der Waals surface area contributed by atoms with Crippen molar-refractivity contribution in [3.63, 3.8) is 0 Å². The molecule has 7 heteroatoms. The number of anilines is 3. The molecule has 0 radical (unpaired) electrons. The summed E-state index contributed by atoms with van der Waals surface area (Å²) in [4.78, 5) is 11.1. The molecule has 2 aromatic rings. The Morgan fingerprint density at radius 1 is 0.960 bits per heavy atom. The fourth-order valence-corrected chi connectivity index (χ4v) is 2.97. The van der Waals surface area contributed by atoms with Crippen molar-refractivity contribution < 1.29 is 13.2 Å². The van der Waals surface area contributed by atoms with Gasteiger partial charge in [-0.1, -0.05) is 12.8 Å². The predicted molar refractivity (Wildman–Crippen MR) is 92.2 cm³/mol. The van der Waals surface area contributed by atoms with E-state index in [1.807, 2.05) is 13.0 Å². The molecule has 0 aliphatic carbocycles. The van der Waals surface area contributed by atoms with Gasteiger partial charge in [0.2, 0.25) is 0 Å². The van der Waals surface area contributed by atoms with Gasteiger partial charge in [0.25, 0.3) is 0 Å². The SMILES string of the molecule is Cc1nc(Nc2ccc(C(F)(F)F)cc2)cc(N2CCCCCC2)n1. The molecule has 0 saturated carbocycles. The van der Waals surface area contributed by atoms with Gasteiger partial charge in [-0.2, -0.15) is 13.2 Å². The lowest BCUT2D eigenvalue weighted by molar-refractivity contribution is -0.137. The number of alkyl halides is 3. The van der Waals surface area contributed by atoms with Crippen molar-refractivity contribution in [3.8, 4) is 0 Å². The maximum absolute atomic E-state index is 12.6. The van der Waals surface area contributed by atoms with Crippen molar-refractivity contribution in [2.24, 2.45) is 0 Å². The Bertz CT molecular complexity index is 705. The second kappa shape index (κ2) is 7.29. The van der Waals surface area contributed by atoms with Crippen LogP contribution in [0.1, 0.15) is 37.1 Å². The Kier molecular flexibility index (Phi) is 5.11. The lowest BCUT2D eigenvalue weighted by atomic mass is 10.2. The Morgan fingerprint density at radius 3 is 2.20 bits per heavy atom. The number of hydrogen-bond acceptors (Lipinski definition) is 4. The van der Waals surface area contributed by atoms with Crippen molar-refractivity contribution in [2.45, 2.75) is 38.8 Å². The van der Waals surface area contributed by atoms with Gasteiger partial charge in [0, 0.05) is 24.8 Å². The van der Waals surface area contributed by atoms with Crippen LogP contribution in [0, 0.1) is 6.92 Å². The fraction of sp³-hybridized carbons (Fsp3) is 0.444. The summed E-state index contributed by atoms with van der Waals surface area (Å²) in [6, 6.07) is 6.80. The third-order valence-corrected chi connectivity index (χ3v) is 4.24. The first kappa shape index (κ1) is 17.5. The Hall–Kier alpha value is -2.31. The molecule has 25 heavy (non-hydrogen) atoms. The summed E-state index contributed by atoms with van der Waals surface area (Å²) in [5, 5.41) is 3.07. The zero-order valence-electron chi connectivity index (χ0n) is 14.1. The van der Waals surface area contributed by atoms with Crippen LogP contribution in [0.2, 0.25) is 0 Å². The first-order valence-electron chi connectivity index (χ1n) is 8.47. The van der Waals surface area contributed by atoms with Crippen LogP contribution in [0.5, 0.6) is 0 Å². The molecule has 1 fully saturated rings. The van der Waals surface area contributed by atoms with Gasteiger partial charge >= 0.3 is 6.18 Å². The molecule has 0 spiro atoms. The van der Waals surface area contributed by atoms with Crippen LogP contribution in [-0.4, -0.2) is 23.1 Å². The van der Waals surface area contributed by atoms with Crippen LogP contribution >= 0.6 is 0 Å². The average molecular weight is 350 g/mol. The normalized spacial score (nSPS) is 15.8. The lowest BCUT2D eigenvalue weighted by Gasteiger charge is -2.22. The molecule has 1 aromatic heterocycles. The van der Waals surface area contributed by atoms with E-state index in [9.17, 15) is 13.2 Å². The molecule has 3 rings (SSSR count). The summed E-state index contributed by atoms with van der Waals surface area (Å²) in [6.07, 6.45) is 0.424. The first-order valence-corrected chi connectivity index (χ1v) is 8.47. The monoisotopic (exact) mass is 350 g/mol. The Balaban J connectivity index is 1.78. The van der Waals surface area contributed by atoms with Crippen LogP contribution in [0.25, 0.3) is 0 Å². The number of nitrogens with zero attached hydrogens (tertiary/aromatic N) is 3. The number of hydrogen-bond donors (Lipinski definition) is 1. The average Bonchev–Trinajstić information content (AvgIpc) is 2.83. The van der Waals surface area contributed by atoms with Crippen molar-refractivity contribution in [1.29, 1.82) is 0 Å². The maximum atomic E-state index is 12.6. The molecule has 0 bridgehead atoms. The van der Waals surface area contributed by atoms with Crippen LogP contribution in [0.4, 0.5) is 30.5 Å². The van der Waals surface area contributed by atoms with Gasteiger partial charge in [-0.25, -0.2) is 9.97 Å². The second-order valence-corrected chi connectivity index (χ2v) is 6.26. The summed E-state index contributed by atoms with van der Waals surface area (Å²) in [5.74, 6) is 2.09. The van der Waals surface area contributed by atoms with Gasteiger partial charge in [0.05, 0.1) is 5.56 Å². The third-order valence-electron chi connectivity index (χ3n) is 4.24. The molecule has 0 unspecified atom stereocenters. The standard InChI is InChI=1S/C18H21F3N4/c1-13-22-16(12-17(23-13)25-10-4-2-3-5-11-25)24-15-8-6-14(7-9-15)18(19,20)21/h6-9,12H,2-5,10-11H2,1H3,(H,22,23,24). The van der Waals surface area contributed by atoms with E-state index in [2.05, 4.69) is 20.2 Å². The largest absolute Gasteiger partial charge is 0.416 e. The fourth-order valence-electron chi connectivity index (χ4n) is 2.97. The highest BCUT2D eigenvalue weighted by molar-refractivity contribution is 5.60. The third kappa shape index (κ3) is 4.61. The number of nitrogens with one attached hydrogen (secondary N) is 1. The minimum absolute atomic E-state index is 0.563. The number of aryl methyl sites for hydroxylation is 1. The van der Waals surface area contributed by atoms with Crippen LogP contribution in [0.15, 0.2) is 30.3 Å². The molecule has 1 N–H and O–H groups in total. The van der Waals surface area contributed by atoms with Gasteiger partial charge in [0.15, 0.2) is 0 Å². The van der Waals surface area contributed by atoms with Crippen LogP contribution in [-0.2, 0) is 6.18 Å². The molecule has 1 aromatic carbocycles. The Morgan fingerprint density at radius 2 is 1.60 bits per heavy atom. The smallest absolute Gasteiger partial charge is 0.356 e. The zero-order chi connectivity index (χ0) is 17.9. The van der Waals surface area contributed by atoms with Gasteiger partial charge in [0.1, 0.15) is 17.5 Å². The Labute approximate surface area is 145 Å². The summed E-state index contributed by atoms with van der Waals surface area (Å²) in [7, 11) is 0. The number of benzene rings is 1. The maximum Gasteiger partial charge on any atom is 0.416 e. The van der Waals surface area contributed by atoms with Gasteiger partial charge in [-0.05, 0) is 44.0 Å². The molecule has 0 atom stereocenters. The van der Waals surface area contributed by atoms with E-state index in [4.69, 9.17) is 0 Å². The highest BCUT2D eigenvalue weighted by Crippen LogP contribution is 2.30. The van der Waals surface area contributed by atoms with Gasteiger partial charge < -0.3 is 10.2 Å². The lowest BCUT2D eigenvalue weighted by Crippen LogP contribution is -2.25. The second-order valence-electron chi connectivity index (χ2n) is 6.26. The number of aromatic nitrogens is 2. The molecule has 134 valence electrons. The van der Waals surface area contributed by atoms with Crippen molar-refractivity contribution in [2.75, 3.05) is 23.3 Å². The molecule has 0 amide bonds. The molecular weight excluding hydrogens is 329 g/mol. The topological polar surface area (TPSA) is 41.1 Å². The molecule has 4 nitrogen and oxygen atoms in total. The van der Waals surface area contributed by atoms with Crippen molar-refractivity contribution in [1.82, 2.24) is 9.97 Å². The number of halogens is 3. The van der Waals surface area contributed by atoms with E-state index >= 15 is 0 Å². The minimum atomic E-state index is -4.33. The van der Waals surface area contributed by atoms with E-state index < -0.39 is 11.7 Å². The van der Waals surface area contributed by atoms with Crippen LogP contribution in [0.3, 0.4) is 0 Å². The summed E-state index contributed by atoms with van der Waals surface area (Å²) in [5.41, 5.74) is -0.102. The van der Waals surface area contributed by atoms with E-state index in [0.717, 1.165) is 43.9 Å². The predicted octanol–water partition coefficient (Wildman–Crippen LogP) is 4.93. The van der Waals surface area contributed by atoms with E-state index in [1.165, 1.54) is 25.0 Å². The van der Waals surface area contributed by atoms with Crippen molar-refractivity contribution >= 4 is 17.3 Å². The zero-order valence-corrected chi connectivity index (χ0v) is 14.1. The van der Waals surface area contributed by atoms with Gasteiger partial charge in [-0.3, -0.25) is 0 Å². The molecular formula is C18H21F3N4. The highest BCUT2D eigenvalue weighted by Gasteiger charge is 2.29. The minimum Gasteiger partial charge on any atom is -0.356 e. The van der Waals surface area contributed by atoms with Crippen LogP contribution < -0.4 is 10.2 Å². The van der Waals surface area contributed by atoms with E-state index in [-0.39, 0.29) is 0 Å². The number of rotatable bonds is 3. The first-order chi connectivity index (χ1) is 11.9. The molecule has 2 heterocycles. The van der Waals surface area contributed by atoms with Gasteiger partial charge in [-0.15, -0.1) is 0 Å². The summed E-state index contributed by atoms with van der Waals surface area (Å²) >= 11 is 0. The van der Waals surface area contributed by atoms with E-state index in [1.54, 1.807) is 0 Å². The molecule has 1 saturated heterocycles. The van der Waals surface area contributed by atoms with Crippen molar-refractivity contribution in [3.05, 3.63) is 41.7 Å². The molecule has 1 aliphatic heterocycles.